The molecular weight excluding hydrogens is 400 g/mol. The van der Waals surface area contributed by atoms with Crippen LogP contribution in [0.15, 0.2) is 35.7 Å². The molecule has 0 aliphatic carbocycles. The van der Waals surface area contributed by atoms with E-state index in [4.69, 9.17) is 5.73 Å². The van der Waals surface area contributed by atoms with Gasteiger partial charge in [0, 0.05) is 28.7 Å². The molecule has 0 bridgehead atoms. The average Bonchev–Trinajstić information content (AvgIpc) is 3.23. The number of urea groups is 1. The molecule has 30 heavy (non-hydrogen) atoms. The Morgan fingerprint density at radius 2 is 2.07 bits per heavy atom. The van der Waals surface area contributed by atoms with Crippen molar-refractivity contribution in [3.63, 3.8) is 0 Å². The summed E-state index contributed by atoms with van der Waals surface area (Å²) in [5, 5.41) is 7.38. The molecule has 2 atom stereocenters. The summed E-state index contributed by atoms with van der Waals surface area (Å²) >= 11 is 1.45. The maximum absolute atomic E-state index is 12.9. The zero-order valence-electron chi connectivity index (χ0n) is 17.3. The van der Waals surface area contributed by atoms with Crippen molar-refractivity contribution in [1.29, 1.82) is 0 Å². The maximum atomic E-state index is 12.9. The number of carbonyl (C=O) groups is 3. The van der Waals surface area contributed by atoms with Crippen LogP contribution in [-0.4, -0.2) is 35.3 Å². The number of nitrogens with zero attached hydrogens (tertiary/aromatic N) is 1. The molecule has 1 saturated heterocycles. The van der Waals surface area contributed by atoms with Gasteiger partial charge in [-0.05, 0) is 68.3 Å². The van der Waals surface area contributed by atoms with Crippen LogP contribution in [0.3, 0.4) is 0 Å². The Hall–Kier alpha value is -2.87. The first-order chi connectivity index (χ1) is 14.3. The van der Waals surface area contributed by atoms with E-state index in [9.17, 15) is 14.4 Å². The minimum Gasteiger partial charge on any atom is -0.352 e. The van der Waals surface area contributed by atoms with Crippen LogP contribution in [0.5, 0.6) is 0 Å². The molecule has 160 valence electrons. The smallest absolute Gasteiger partial charge is 0.312 e. The summed E-state index contributed by atoms with van der Waals surface area (Å²) in [6.45, 7) is 4.74. The summed E-state index contributed by atoms with van der Waals surface area (Å²) < 4.78 is 0. The highest BCUT2D eigenvalue weighted by Crippen LogP contribution is 2.25. The second-order valence-corrected chi connectivity index (χ2v) is 8.68. The molecule has 0 spiro atoms. The molecule has 1 fully saturated rings. The monoisotopic (exact) mass is 428 g/mol. The molecule has 8 heteroatoms. The summed E-state index contributed by atoms with van der Waals surface area (Å²) in [6, 6.07) is 8.14. The molecule has 1 aromatic carbocycles. The number of rotatable bonds is 6. The second-order valence-electron chi connectivity index (χ2n) is 7.70. The number of carbonyl (C=O) groups excluding carboxylic acids is 3. The van der Waals surface area contributed by atoms with Gasteiger partial charge in [0.1, 0.15) is 0 Å². The van der Waals surface area contributed by atoms with Gasteiger partial charge < -0.3 is 21.3 Å². The fourth-order valence-corrected chi connectivity index (χ4v) is 4.55. The van der Waals surface area contributed by atoms with Crippen LogP contribution in [0, 0.1) is 6.92 Å². The summed E-state index contributed by atoms with van der Waals surface area (Å²) in [7, 11) is 0. The van der Waals surface area contributed by atoms with Gasteiger partial charge in [-0.2, -0.15) is 0 Å². The quantitative estimate of drug-likeness (QED) is 0.651. The summed E-state index contributed by atoms with van der Waals surface area (Å²) in [5.41, 5.74) is 7.35. The van der Waals surface area contributed by atoms with Crippen molar-refractivity contribution < 1.29 is 14.4 Å². The molecule has 1 aromatic heterocycles. The average molecular weight is 429 g/mol. The number of amides is 4. The van der Waals surface area contributed by atoms with Crippen LogP contribution in [-0.2, 0) is 4.79 Å². The Labute approximate surface area is 180 Å². The number of primary amides is 1. The molecule has 1 aliphatic heterocycles. The highest BCUT2D eigenvalue weighted by atomic mass is 32.1. The van der Waals surface area contributed by atoms with Crippen molar-refractivity contribution in [2.24, 2.45) is 5.73 Å². The van der Waals surface area contributed by atoms with Crippen molar-refractivity contribution in [1.82, 2.24) is 10.2 Å². The number of anilines is 1. The fraction of sp³-hybridized carbons (Fsp3) is 0.409. The SMILES string of the molecule is Cc1cc(C(=O)N2CCCCC2C)ccc1NC(=O)CC(NC(N)=O)c1cccs1. The molecule has 0 saturated carbocycles. The van der Waals surface area contributed by atoms with E-state index >= 15 is 0 Å². The molecule has 1 aliphatic rings. The summed E-state index contributed by atoms with van der Waals surface area (Å²) in [4.78, 5) is 39.5. The van der Waals surface area contributed by atoms with E-state index in [2.05, 4.69) is 17.6 Å². The van der Waals surface area contributed by atoms with Gasteiger partial charge in [-0.1, -0.05) is 6.07 Å². The van der Waals surface area contributed by atoms with Gasteiger partial charge in [-0.15, -0.1) is 11.3 Å². The van der Waals surface area contributed by atoms with E-state index in [0.29, 0.717) is 11.3 Å². The number of nitrogens with two attached hydrogens (primary N) is 1. The minimum absolute atomic E-state index is 0.0339. The fourth-order valence-electron chi connectivity index (χ4n) is 3.77. The van der Waals surface area contributed by atoms with Crippen molar-refractivity contribution in [3.8, 4) is 0 Å². The van der Waals surface area contributed by atoms with Gasteiger partial charge in [0.25, 0.3) is 5.91 Å². The van der Waals surface area contributed by atoms with Crippen molar-refractivity contribution in [3.05, 3.63) is 51.7 Å². The number of aryl methyl sites for hydroxylation is 1. The van der Waals surface area contributed by atoms with Crippen molar-refractivity contribution >= 4 is 34.9 Å². The van der Waals surface area contributed by atoms with Crippen molar-refractivity contribution in [2.75, 3.05) is 11.9 Å². The Bertz CT molecular complexity index is 913. The van der Waals surface area contributed by atoms with Gasteiger partial charge >= 0.3 is 6.03 Å². The van der Waals surface area contributed by atoms with Crippen LogP contribution in [0.1, 0.15) is 59.4 Å². The predicted octanol–water partition coefficient (Wildman–Crippen LogP) is 3.81. The molecule has 0 radical (unpaired) electrons. The Balaban J connectivity index is 1.67. The number of likely N-dealkylation sites (tertiary alicyclic amines) is 1. The molecule has 7 nitrogen and oxygen atoms in total. The zero-order valence-corrected chi connectivity index (χ0v) is 18.1. The summed E-state index contributed by atoms with van der Waals surface area (Å²) in [5.74, 6) is -0.208. The number of hydrogen-bond donors (Lipinski definition) is 3. The van der Waals surface area contributed by atoms with Gasteiger partial charge in [0.15, 0.2) is 0 Å². The third-order valence-electron chi connectivity index (χ3n) is 5.40. The highest BCUT2D eigenvalue weighted by molar-refractivity contribution is 7.10. The molecule has 2 heterocycles. The number of piperidine rings is 1. The lowest BCUT2D eigenvalue weighted by Crippen LogP contribution is -2.42. The standard InChI is InChI=1S/C22H28N4O3S/c1-14-12-16(21(28)26-10-4-3-6-15(26)2)8-9-17(14)24-20(27)13-18(25-22(23)29)19-7-5-11-30-19/h5,7-9,11-12,15,18H,3-4,6,10,13H2,1-2H3,(H,24,27)(H3,23,25,29). The molecule has 2 aromatic rings. The topological polar surface area (TPSA) is 105 Å². The van der Waals surface area contributed by atoms with Gasteiger partial charge in [0.2, 0.25) is 5.91 Å². The number of nitrogens with one attached hydrogen (secondary N) is 2. The lowest BCUT2D eigenvalue weighted by molar-refractivity contribution is -0.116. The zero-order chi connectivity index (χ0) is 21.7. The van der Waals surface area contributed by atoms with E-state index in [1.54, 1.807) is 12.1 Å². The molecule has 4 amide bonds. The molecule has 4 N–H and O–H groups in total. The van der Waals surface area contributed by atoms with E-state index in [1.165, 1.54) is 11.3 Å². The molecular formula is C22H28N4O3S. The summed E-state index contributed by atoms with van der Waals surface area (Å²) in [6.07, 6.45) is 3.29. The predicted molar refractivity (Wildman–Crippen MR) is 119 cm³/mol. The van der Waals surface area contributed by atoms with Crippen LogP contribution >= 0.6 is 11.3 Å². The van der Waals surface area contributed by atoms with Crippen molar-refractivity contribution in [2.45, 2.75) is 51.6 Å². The first-order valence-corrected chi connectivity index (χ1v) is 11.0. The normalized spacial score (nSPS) is 17.3. The lowest BCUT2D eigenvalue weighted by atomic mass is 10.0. The molecule has 2 unspecified atom stereocenters. The first kappa shape index (κ1) is 21.8. The highest BCUT2D eigenvalue weighted by Gasteiger charge is 2.25. The minimum atomic E-state index is -0.674. The maximum Gasteiger partial charge on any atom is 0.312 e. The third-order valence-corrected chi connectivity index (χ3v) is 6.39. The largest absolute Gasteiger partial charge is 0.352 e. The Morgan fingerprint density at radius 1 is 1.27 bits per heavy atom. The Kier molecular flexibility index (Phi) is 7.10. The van der Waals surface area contributed by atoms with Gasteiger partial charge in [0.05, 0.1) is 12.5 Å². The van der Waals surface area contributed by atoms with Crippen LogP contribution in [0.4, 0.5) is 10.5 Å². The van der Waals surface area contributed by atoms with E-state index in [-0.39, 0.29) is 24.3 Å². The molecule has 3 rings (SSSR count). The lowest BCUT2D eigenvalue weighted by Gasteiger charge is -2.33. The number of hydrogen-bond acceptors (Lipinski definition) is 4. The van der Waals surface area contributed by atoms with Crippen LogP contribution < -0.4 is 16.4 Å². The van der Waals surface area contributed by atoms with Gasteiger partial charge in [-0.3, -0.25) is 9.59 Å². The van der Waals surface area contributed by atoms with Crippen LogP contribution in [0.25, 0.3) is 0 Å². The van der Waals surface area contributed by atoms with E-state index in [1.807, 2.05) is 35.4 Å². The van der Waals surface area contributed by atoms with Gasteiger partial charge in [-0.25, -0.2) is 4.79 Å². The van der Waals surface area contributed by atoms with Crippen LogP contribution in [0.2, 0.25) is 0 Å². The number of thiophene rings is 1. The van der Waals surface area contributed by atoms with E-state index in [0.717, 1.165) is 36.2 Å². The van der Waals surface area contributed by atoms with E-state index < -0.39 is 12.1 Å². The second kappa shape index (κ2) is 9.75. The third kappa shape index (κ3) is 5.38. The number of benzene rings is 1. The first-order valence-electron chi connectivity index (χ1n) is 10.2. The Morgan fingerprint density at radius 3 is 2.70 bits per heavy atom.